The second kappa shape index (κ2) is 6.79. The molecule has 1 saturated heterocycles. The molecule has 1 aliphatic heterocycles. The van der Waals surface area contributed by atoms with Gasteiger partial charge in [-0.2, -0.15) is 0 Å². The Hall–Kier alpha value is -0.400. The third kappa shape index (κ3) is 3.35. The van der Waals surface area contributed by atoms with Crippen LogP contribution in [0.3, 0.4) is 0 Å². The lowest BCUT2D eigenvalue weighted by molar-refractivity contribution is 0.200. The molecular weight excluding hydrogens is 416 g/mol. The van der Waals surface area contributed by atoms with E-state index in [1.165, 1.54) is 10.4 Å². The maximum Gasteiger partial charge on any atom is 0.143 e. The molecule has 2 heterocycles. The van der Waals surface area contributed by atoms with Crippen molar-refractivity contribution in [3.63, 3.8) is 0 Å². The lowest BCUT2D eigenvalue weighted by Crippen LogP contribution is -2.45. The zero-order valence-electron chi connectivity index (χ0n) is 11.4. The van der Waals surface area contributed by atoms with Crippen molar-refractivity contribution in [2.75, 3.05) is 26.2 Å². The van der Waals surface area contributed by atoms with Gasteiger partial charge in [-0.25, -0.2) is 0 Å². The smallest absolute Gasteiger partial charge is 0.143 e. The van der Waals surface area contributed by atoms with E-state index >= 15 is 0 Å². The fourth-order valence-electron chi connectivity index (χ4n) is 2.69. The Labute approximate surface area is 145 Å². The molecule has 3 nitrogen and oxygen atoms in total. The monoisotopic (exact) mass is 430 g/mol. The highest BCUT2D eigenvalue weighted by Gasteiger charge is 2.25. The van der Waals surface area contributed by atoms with Gasteiger partial charge in [0.1, 0.15) is 5.75 Å². The quantitative estimate of drug-likeness (QED) is 0.771. The molecule has 0 amide bonds. The number of hydrogen-bond donors (Lipinski definition) is 2. The molecule has 3 rings (SSSR count). The number of phenolic OH excluding ortho intramolecular Hbond substituents is 1. The average Bonchev–Trinajstić information content (AvgIpc) is 3.00. The molecule has 21 heavy (non-hydrogen) atoms. The van der Waals surface area contributed by atoms with Gasteiger partial charge in [-0.1, -0.05) is 6.07 Å². The summed E-state index contributed by atoms with van der Waals surface area (Å²) in [4.78, 5) is 3.83. The van der Waals surface area contributed by atoms with Gasteiger partial charge in [-0.3, -0.25) is 4.90 Å². The van der Waals surface area contributed by atoms with Crippen LogP contribution in [0, 0.1) is 0 Å². The summed E-state index contributed by atoms with van der Waals surface area (Å²) in [7, 11) is 0. The second-order valence-corrected chi connectivity index (χ2v) is 7.73. The molecule has 2 N–H and O–H groups in total. The maximum atomic E-state index is 9.94. The number of piperazine rings is 1. The number of benzene rings is 1. The third-order valence-electron chi connectivity index (χ3n) is 3.68. The van der Waals surface area contributed by atoms with Crippen molar-refractivity contribution in [2.45, 2.75) is 6.04 Å². The number of thiophene rings is 1. The first kappa shape index (κ1) is 15.5. The molecule has 0 aliphatic carbocycles. The van der Waals surface area contributed by atoms with E-state index in [1.54, 1.807) is 11.3 Å². The molecule has 0 saturated carbocycles. The summed E-state index contributed by atoms with van der Waals surface area (Å²) < 4.78 is 1.45. The standard InChI is InChI=1S/C15H16Br2N2OS/c16-11-8-10(9-12(17)15(11)20)14(13-2-1-7-21-13)19-5-3-18-4-6-19/h1-2,7-9,14,18,20H,3-6H2/t14-/m0/s1. The Morgan fingerprint density at radius 1 is 1.19 bits per heavy atom. The third-order valence-corrected chi connectivity index (χ3v) is 5.82. The minimum Gasteiger partial charge on any atom is -0.506 e. The molecule has 6 heteroatoms. The number of nitrogens with one attached hydrogen (secondary N) is 1. The van der Waals surface area contributed by atoms with Gasteiger partial charge in [0.05, 0.1) is 15.0 Å². The van der Waals surface area contributed by atoms with Gasteiger partial charge in [-0.05, 0) is 61.0 Å². The first-order valence-electron chi connectivity index (χ1n) is 6.83. The van der Waals surface area contributed by atoms with Crippen LogP contribution in [0.2, 0.25) is 0 Å². The highest BCUT2D eigenvalue weighted by molar-refractivity contribution is 9.11. The van der Waals surface area contributed by atoms with Crippen molar-refractivity contribution in [1.29, 1.82) is 0 Å². The lowest BCUT2D eigenvalue weighted by atomic mass is 10.0. The normalized spacial score (nSPS) is 17.8. The fourth-order valence-corrected chi connectivity index (χ4v) is 4.79. The molecule has 1 aromatic carbocycles. The highest BCUT2D eigenvalue weighted by Crippen LogP contribution is 2.39. The molecule has 1 fully saturated rings. The van der Waals surface area contributed by atoms with E-state index in [1.807, 2.05) is 12.1 Å². The molecule has 1 atom stereocenters. The van der Waals surface area contributed by atoms with Crippen LogP contribution < -0.4 is 5.32 Å². The summed E-state index contributed by atoms with van der Waals surface area (Å²) in [6.07, 6.45) is 0. The van der Waals surface area contributed by atoms with Crippen molar-refractivity contribution in [1.82, 2.24) is 10.2 Å². The number of halogens is 2. The van der Waals surface area contributed by atoms with Crippen molar-refractivity contribution in [3.05, 3.63) is 49.0 Å². The molecule has 0 bridgehead atoms. The lowest BCUT2D eigenvalue weighted by Gasteiger charge is -2.35. The molecule has 1 aliphatic rings. The van der Waals surface area contributed by atoms with Gasteiger partial charge in [0.25, 0.3) is 0 Å². The summed E-state index contributed by atoms with van der Waals surface area (Å²) in [6, 6.07) is 8.56. The number of nitrogens with zero attached hydrogens (tertiary/aromatic N) is 1. The van der Waals surface area contributed by atoms with Crippen molar-refractivity contribution >= 4 is 43.2 Å². The molecular formula is C15H16Br2N2OS. The predicted octanol–water partition coefficient (Wildman–Crippen LogP) is 3.97. The molecule has 0 radical (unpaired) electrons. The van der Waals surface area contributed by atoms with Crippen molar-refractivity contribution < 1.29 is 5.11 Å². The van der Waals surface area contributed by atoms with Gasteiger partial charge >= 0.3 is 0 Å². The van der Waals surface area contributed by atoms with E-state index in [2.05, 4.69) is 59.6 Å². The summed E-state index contributed by atoms with van der Waals surface area (Å²) in [5.74, 6) is 0.254. The second-order valence-electron chi connectivity index (χ2n) is 5.04. The number of rotatable bonds is 3. The fraction of sp³-hybridized carbons (Fsp3) is 0.333. The Morgan fingerprint density at radius 2 is 1.86 bits per heavy atom. The Morgan fingerprint density at radius 3 is 2.43 bits per heavy atom. The van der Waals surface area contributed by atoms with E-state index in [4.69, 9.17) is 0 Å². The first-order valence-corrected chi connectivity index (χ1v) is 9.29. The van der Waals surface area contributed by atoms with Crippen molar-refractivity contribution in [3.8, 4) is 5.75 Å². The van der Waals surface area contributed by atoms with Crippen LogP contribution in [-0.2, 0) is 0 Å². The van der Waals surface area contributed by atoms with Gasteiger partial charge in [0, 0.05) is 31.1 Å². The van der Waals surface area contributed by atoms with Crippen LogP contribution in [0.4, 0.5) is 0 Å². The Kier molecular flexibility index (Phi) is 5.01. The van der Waals surface area contributed by atoms with Crippen LogP contribution in [0.15, 0.2) is 38.6 Å². The van der Waals surface area contributed by atoms with E-state index in [0.717, 1.165) is 35.1 Å². The Bertz CT molecular complexity index is 589. The van der Waals surface area contributed by atoms with Gasteiger partial charge in [-0.15, -0.1) is 11.3 Å². The van der Waals surface area contributed by atoms with Crippen LogP contribution in [-0.4, -0.2) is 36.2 Å². The zero-order valence-corrected chi connectivity index (χ0v) is 15.3. The van der Waals surface area contributed by atoms with Crippen LogP contribution in [0.5, 0.6) is 5.75 Å². The number of hydrogen-bond acceptors (Lipinski definition) is 4. The summed E-state index contributed by atoms with van der Waals surface area (Å²) >= 11 is 8.67. The predicted molar refractivity (Wildman–Crippen MR) is 94.1 cm³/mol. The largest absolute Gasteiger partial charge is 0.506 e. The number of phenols is 1. The maximum absolute atomic E-state index is 9.94. The number of aromatic hydroxyl groups is 1. The van der Waals surface area contributed by atoms with E-state index in [9.17, 15) is 5.11 Å². The van der Waals surface area contributed by atoms with Crippen LogP contribution in [0.1, 0.15) is 16.5 Å². The van der Waals surface area contributed by atoms with Crippen LogP contribution in [0.25, 0.3) is 0 Å². The Balaban J connectivity index is 2.02. The molecule has 2 aromatic rings. The first-order chi connectivity index (χ1) is 10.2. The van der Waals surface area contributed by atoms with E-state index in [-0.39, 0.29) is 11.8 Å². The zero-order chi connectivity index (χ0) is 14.8. The SMILES string of the molecule is Oc1c(Br)cc([C@@H](c2cccs2)N2CCNCC2)cc1Br. The minimum absolute atomic E-state index is 0.236. The van der Waals surface area contributed by atoms with E-state index < -0.39 is 0 Å². The molecule has 0 unspecified atom stereocenters. The molecule has 1 aromatic heterocycles. The highest BCUT2D eigenvalue weighted by atomic mass is 79.9. The van der Waals surface area contributed by atoms with Gasteiger partial charge in [0.15, 0.2) is 0 Å². The van der Waals surface area contributed by atoms with Crippen LogP contribution >= 0.6 is 43.2 Å². The van der Waals surface area contributed by atoms with Gasteiger partial charge < -0.3 is 10.4 Å². The van der Waals surface area contributed by atoms with Crippen molar-refractivity contribution in [2.24, 2.45) is 0 Å². The molecule has 112 valence electrons. The summed E-state index contributed by atoms with van der Waals surface area (Å²) in [6.45, 7) is 4.09. The van der Waals surface area contributed by atoms with E-state index in [0.29, 0.717) is 0 Å². The topological polar surface area (TPSA) is 35.5 Å². The molecule has 0 spiro atoms. The average molecular weight is 432 g/mol. The minimum atomic E-state index is 0.236. The summed E-state index contributed by atoms with van der Waals surface area (Å²) in [5, 5.41) is 15.5. The summed E-state index contributed by atoms with van der Waals surface area (Å²) in [5.41, 5.74) is 1.19. The van der Waals surface area contributed by atoms with Gasteiger partial charge in [0.2, 0.25) is 0 Å².